The van der Waals surface area contributed by atoms with Crippen LogP contribution in [0, 0.1) is 11.3 Å². The number of rotatable bonds is 4. The molecule has 1 saturated heterocycles. The molecular formula is C14H18N2O2. The van der Waals surface area contributed by atoms with Gasteiger partial charge in [0.25, 0.3) is 0 Å². The summed E-state index contributed by atoms with van der Waals surface area (Å²) in [5.74, 6) is 0.687. The predicted molar refractivity (Wildman–Crippen MR) is 68.6 cm³/mol. The van der Waals surface area contributed by atoms with Crippen molar-refractivity contribution in [2.45, 2.75) is 32.2 Å². The number of benzene rings is 1. The van der Waals surface area contributed by atoms with Crippen molar-refractivity contribution >= 4 is 0 Å². The van der Waals surface area contributed by atoms with E-state index in [0.717, 1.165) is 30.5 Å². The predicted octanol–water partition coefficient (Wildman–Crippen LogP) is 2.28. The van der Waals surface area contributed by atoms with Crippen molar-refractivity contribution in [3.8, 4) is 17.6 Å². The maximum atomic E-state index is 10.2. The second-order valence-corrected chi connectivity index (χ2v) is 4.45. The van der Waals surface area contributed by atoms with Crippen LogP contribution in [-0.2, 0) is 6.42 Å². The van der Waals surface area contributed by atoms with Crippen LogP contribution in [0.15, 0.2) is 12.1 Å². The van der Waals surface area contributed by atoms with Gasteiger partial charge < -0.3 is 15.2 Å². The summed E-state index contributed by atoms with van der Waals surface area (Å²) in [5.41, 5.74) is 1.74. The zero-order valence-electron chi connectivity index (χ0n) is 10.6. The highest BCUT2D eigenvalue weighted by Gasteiger charge is 2.22. The Morgan fingerprint density at radius 2 is 2.39 bits per heavy atom. The molecule has 0 bridgehead atoms. The Morgan fingerprint density at radius 3 is 3.00 bits per heavy atom. The zero-order valence-corrected chi connectivity index (χ0v) is 10.6. The van der Waals surface area contributed by atoms with Gasteiger partial charge in [-0.3, -0.25) is 0 Å². The summed E-state index contributed by atoms with van der Waals surface area (Å²) in [6, 6.07) is 5.96. The smallest absolute Gasteiger partial charge is 0.162 e. The first-order valence-electron chi connectivity index (χ1n) is 6.35. The minimum atomic E-state index is 0.169. The van der Waals surface area contributed by atoms with E-state index in [9.17, 15) is 5.11 Å². The molecule has 96 valence electrons. The lowest BCUT2D eigenvalue weighted by Crippen LogP contribution is -2.13. The molecule has 0 aliphatic carbocycles. The van der Waals surface area contributed by atoms with Crippen LogP contribution in [0.2, 0.25) is 0 Å². The minimum absolute atomic E-state index is 0.169. The first-order valence-corrected chi connectivity index (χ1v) is 6.35. The molecule has 0 unspecified atom stereocenters. The fraction of sp³-hybridized carbons (Fsp3) is 0.500. The van der Waals surface area contributed by atoms with Crippen LogP contribution in [0.1, 0.15) is 36.9 Å². The van der Waals surface area contributed by atoms with Crippen molar-refractivity contribution in [1.82, 2.24) is 5.32 Å². The highest BCUT2D eigenvalue weighted by atomic mass is 16.5. The first-order chi connectivity index (χ1) is 8.76. The Labute approximate surface area is 107 Å². The average Bonchev–Trinajstić information content (AvgIpc) is 2.87. The van der Waals surface area contributed by atoms with Gasteiger partial charge in [0.15, 0.2) is 11.5 Å². The van der Waals surface area contributed by atoms with Crippen molar-refractivity contribution in [2.24, 2.45) is 0 Å². The molecule has 1 aliphatic heterocycles. The van der Waals surface area contributed by atoms with Crippen LogP contribution in [0.4, 0.5) is 0 Å². The van der Waals surface area contributed by atoms with Crippen molar-refractivity contribution in [3.63, 3.8) is 0 Å². The molecule has 1 aromatic rings. The van der Waals surface area contributed by atoms with Gasteiger partial charge in [0.05, 0.1) is 19.1 Å². The Bertz CT molecular complexity index is 460. The minimum Gasteiger partial charge on any atom is -0.504 e. The SMILES string of the molecule is CCOc1cc(CC#N)cc([C@H]2CCCN2)c1O. The summed E-state index contributed by atoms with van der Waals surface area (Å²) in [5, 5.41) is 22.4. The highest BCUT2D eigenvalue weighted by Crippen LogP contribution is 2.38. The van der Waals surface area contributed by atoms with Gasteiger partial charge in [-0.1, -0.05) is 0 Å². The number of nitriles is 1. The van der Waals surface area contributed by atoms with Crippen molar-refractivity contribution < 1.29 is 9.84 Å². The van der Waals surface area contributed by atoms with Crippen LogP contribution >= 0.6 is 0 Å². The third kappa shape index (κ3) is 2.57. The summed E-state index contributed by atoms with van der Waals surface area (Å²) >= 11 is 0. The largest absolute Gasteiger partial charge is 0.504 e. The van der Waals surface area contributed by atoms with Crippen molar-refractivity contribution in [2.75, 3.05) is 13.2 Å². The third-order valence-electron chi connectivity index (χ3n) is 3.18. The second-order valence-electron chi connectivity index (χ2n) is 4.45. The first kappa shape index (κ1) is 12.7. The van der Waals surface area contributed by atoms with E-state index < -0.39 is 0 Å². The van der Waals surface area contributed by atoms with Gasteiger partial charge in [-0.05, 0) is 44.0 Å². The van der Waals surface area contributed by atoms with E-state index in [4.69, 9.17) is 10.00 Å². The average molecular weight is 246 g/mol. The fourth-order valence-corrected chi connectivity index (χ4v) is 2.36. The van der Waals surface area contributed by atoms with Crippen LogP contribution in [0.25, 0.3) is 0 Å². The number of nitrogens with one attached hydrogen (secondary N) is 1. The van der Waals surface area contributed by atoms with Gasteiger partial charge in [-0.15, -0.1) is 0 Å². The molecule has 2 N–H and O–H groups in total. The number of phenolic OH excluding ortho intramolecular Hbond substituents is 1. The van der Waals surface area contributed by atoms with Crippen molar-refractivity contribution in [1.29, 1.82) is 5.26 Å². The third-order valence-corrected chi connectivity index (χ3v) is 3.18. The highest BCUT2D eigenvalue weighted by molar-refractivity contribution is 5.50. The van der Waals surface area contributed by atoms with Gasteiger partial charge in [0, 0.05) is 11.6 Å². The molecule has 0 radical (unpaired) electrons. The van der Waals surface area contributed by atoms with Gasteiger partial charge in [0.1, 0.15) is 0 Å². The molecule has 1 aliphatic rings. The van der Waals surface area contributed by atoms with Crippen molar-refractivity contribution in [3.05, 3.63) is 23.3 Å². The van der Waals surface area contributed by atoms with E-state index in [1.165, 1.54) is 0 Å². The normalized spacial score (nSPS) is 18.6. The Kier molecular flexibility index (Phi) is 4.06. The number of ether oxygens (including phenoxy) is 1. The summed E-state index contributed by atoms with van der Waals surface area (Å²) < 4.78 is 5.44. The monoisotopic (exact) mass is 246 g/mol. The van der Waals surface area contributed by atoms with E-state index in [1.807, 2.05) is 13.0 Å². The van der Waals surface area contributed by atoms with Gasteiger partial charge >= 0.3 is 0 Å². The number of aromatic hydroxyl groups is 1. The molecular weight excluding hydrogens is 228 g/mol. The quantitative estimate of drug-likeness (QED) is 0.855. The molecule has 2 rings (SSSR count). The molecule has 1 atom stereocenters. The standard InChI is InChI=1S/C14H18N2O2/c1-2-18-13-9-10(5-6-15)8-11(14(13)17)12-4-3-7-16-12/h8-9,12,16-17H,2-5,7H2,1H3/t12-/m1/s1. The Hall–Kier alpha value is -1.73. The van der Waals surface area contributed by atoms with Crippen LogP contribution in [-0.4, -0.2) is 18.3 Å². The van der Waals surface area contributed by atoms with E-state index in [0.29, 0.717) is 18.8 Å². The number of hydrogen-bond donors (Lipinski definition) is 2. The molecule has 0 amide bonds. The molecule has 0 aromatic heterocycles. The Balaban J connectivity index is 2.39. The lowest BCUT2D eigenvalue weighted by molar-refractivity contribution is 0.315. The van der Waals surface area contributed by atoms with Crippen LogP contribution in [0.5, 0.6) is 11.5 Å². The molecule has 4 heteroatoms. The summed E-state index contributed by atoms with van der Waals surface area (Å²) in [4.78, 5) is 0. The lowest BCUT2D eigenvalue weighted by Gasteiger charge is -2.17. The van der Waals surface area contributed by atoms with Crippen LogP contribution in [0.3, 0.4) is 0 Å². The van der Waals surface area contributed by atoms with Gasteiger partial charge in [-0.25, -0.2) is 0 Å². The number of phenols is 1. The molecule has 1 fully saturated rings. The maximum absolute atomic E-state index is 10.2. The lowest BCUT2D eigenvalue weighted by atomic mass is 9.99. The summed E-state index contributed by atoms with van der Waals surface area (Å²) in [7, 11) is 0. The van der Waals surface area contributed by atoms with Gasteiger partial charge in [-0.2, -0.15) is 5.26 Å². The Morgan fingerprint density at radius 1 is 1.56 bits per heavy atom. The van der Waals surface area contributed by atoms with E-state index >= 15 is 0 Å². The van der Waals surface area contributed by atoms with E-state index in [2.05, 4.69) is 11.4 Å². The molecule has 4 nitrogen and oxygen atoms in total. The topological polar surface area (TPSA) is 65.3 Å². The number of hydrogen-bond acceptors (Lipinski definition) is 4. The maximum Gasteiger partial charge on any atom is 0.162 e. The molecule has 18 heavy (non-hydrogen) atoms. The molecule has 1 heterocycles. The molecule has 0 spiro atoms. The summed E-state index contributed by atoms with van der Waals surface area (Å²) in [6.45, 7) is 3.35. The zero-order chi connectivity index (χ0) is 13.0. The fourth-order valence-electron chi connectivity index (χ4n) is 2.36. The van der Waals surface area contributed by atoms with Crippen LogP contribution < -0.4 is 10.1 Å². The molecule has 0 saturated carbocycles. The summed E-state index contributed by atoms with van der Waals surface area (Å²) in [6.07, 6.45) is 2.45. The van der Waals surface area contributed by atoms with E-state index in [-0.39, 0.29) is 11.8 Å². The molecule has 1 aromatic carbocycles. The second kappa shape index (κ2) is 5.74. The number of nitrogens with zero attached hydrogens (tertiary/aromatic N) is 1. The van der Waals surface area contributed by atoms with Gasteiger partial charge in [0.2, 0.25) is 0 Å². The van der Waals surface area contributed by atoms with E-state index in [1.54, 1.807) is 6.07 Å².